The number of rotatable bonds is 3. The average Bonchev–Trinajstić information content (AvgIpc) is 3.20. The number of nitrogens with zero attached hydrogens (tertiary/aromatic N) is 3. The Balaban J connectivity index is 1.75. The van der Waals surface area contributed by atoms with E-state index >= 15 is 0 Å². The molecule has 0 bridgehead atoms. The maximum Gasteiger partial charge on any atom is 0.123 e. The highest BCUT2D eigenvalue weighted by atomic mass is 35.5. The zero-order chi connectivity index (χ0) is 19.8. The molecule has 2 heterocycles. The fourth-order valence-electron chi connectivity index (χ4n) is 3.37. The fourth-order valence-corrected chi connectivity index (χ4v) is 3.63. The van der Waals surface area contributed by atoms with Crippen molar-refractivity contribution in [2.45, 2.75) is 0 Å². The first kappa shape index (κ1) is 17.6. The lowest BCUT2D eigenvalue weighted by Crippen LogP contribution is -1.94. The van der Waals surface area contributed by atoms with Crippen LogP contribution < -0.4 is 0 Å². The molecule has 3 aromatic carbocycles. The molecule has 0 amide bonds. The van der Waals surface area contributed by atoms with Gasteiger partial charge in [-0.15, -0.1) is 0 Å². The Labute approximate surface area is 172 Å². The topological polar surface area (TPSA) is 30.7 Å². The van der Waals surface area contributed by atoms with Crippen molar-refractivity contribution < 1.29 is 4.39 Å². The molecular weight excluding hydrogens is 385 g/mol. The molecular formula is C24H15ClFN3. The van der Waals surface area contributed by atoms with Crippen LogP contribution in [0.1, 0.15) is 0 Å². The number of hydrogen-bond donors (Lipinski definition) is 0. The second-order valence-electron chi connectivity index (χ2n) is 6.68. The number of hydrogen-bond acceptors (Lipinski definition) is 2. The van der Waals surface area contributed by atoms with Crippen LogP contribution in [-0.4, -0.2) is 14.8 Å². The number of benzene rings is 3. The van der Waals surface area contributed by atoms with Gasteiger partial charge in [-0.3, -0.25) is 0 Å². The van der Waals surface area contributed by atoms with Crippen molar-refractivity contribution in [2.24, 2.45) is 0 Å². The van der Waals surface area contributed by atoms with Crippen LogP contribution in [-0.2, 0) is 0 Å². The summed E-state index contributed by atoms with van der Waals surface area (Å²) in [5.74, 6) is -0.287. The molecule has 3 nitrogen and oxygen atoms in total. The quantitative estimate of drug-likeness (QED) is 0.344. The Kier molecular flexibility index (Phi) is 4.34. The Bertz CT molecular complexity index is 1310. The average molecular weight is 400 g/mol. The standard InChI is InChI=1S/C24H15ClFN3/c25-21-14-23(27-22-9-5-4-8-19(21)22)20-15-29(18-6-2-1-3-7-18)28-24(20)16-10-12-17(26)13-11-16/h1-15H. The summed E-state index contributed by atoms with van der Waals surface area (Å²) in [6, 6.07) is 25.7. The van der Waals surface area contributed by atoms with Crippen LogP contribution in [0.15, 0.2) is 91.1 Å². The molecule has 0 aliphatic rings. The molecule has 2 aromatic heterocycles. The Morgan fingerprint density at radius 1 is 0.828 bits per heavy atom. The second kappa shape index (κ2) is 7.15. The summed E-state index contributed by atoms with van der Waals surface area (Å²) < 4.78 is 15.3. The van der Waals surface area contributed by atoms with Crippen LogP contribution in [0.2, 0.25) is 5.02 Å². The molecule has 5 aromatic rings. The minimum Gasteiger partial charge on any atom is -0.248 e. The summed E-state index contributed by atoms with van der Waals surface area (Å²) in [6.07, 6.45) is 1.93. The van der Waals surface area contributed by atoms with Crippen LogP contribution in [0.4, 0.5) is 4.39 Å². The largest absolute Gasteiger partial charge is 0.248 e. The summed E-state index contributed by atoms with van der Waals surface area (Å²) in [4.78, 5) is 4.81. The van der Waals surface area contributed by atoms with Crippen LogP contribution in [0, 0.1) is 5.82 Å². The van der Waals surface area contributed by atoms with Gasteiger partial charge in [0.15, 0.2) is 0 Å². The van der Waals surface area contributed by atoms with Crippen molar-refractivity contribution in [3.63, 3.8) is 0 Å². The van der Waals surface area contributed by atoms with E-state index in [0.717, 1.165) is 33.4 Å². The smallest absolute Gasteiger partial charge is 0.123 e. The van der Waals surface area contributed by atoms with E-state index < -0.39 is 0 Å². The van der Waals surface area contributed by atoms with E-state index in [1.807, 2.05) is 66.9 Å². The highest BCUT2D eigenvalue weighted by Crippen LogP contribution is 2.34. The van der Waals surface area contributed by atoms with Crippen molar-refractivity contribution >= 4 is 22.5 Å². The Morgan fingerprint density at radius 2 is 1.55 bits per heavy atom. The lowest BCUT2D eigenvalue weighted by atomic mass is 10.0. The third kappa shape index (κ3) is 3.28. The molecule has 0 unspecified atom stereocenters. The first-order valence-electron chi connectivity index (χ1n) is 9.16. The van der Waals surface area contributed by atoms with Crippen LogP contribution in [0.5, 0.6) is 0 Å². The maximum absolute atomic E-state index is 13.5. The molecule has 5 rings (SSSR count). The van der Waals surface area contributed by atoms with Gasteiger partial charge in [0.05, 0.1) is 21.9 Å². The van der Waals surface area contributed by atoms with Crippen LogP contribution in [0.25, 0.3) is 39.1 Å². The van der Waals surface area contributed by atoms with Gasteiger partial charge in [0, 0.05) is 22.7 Å². The number of pyridine rings is 1. The molecule has 140 valence electrons. The summed E-state index contributed by atoms with van der Waals surface area (Å²) in [6.45, 7) is 0. The fraction of sp³-hybridized carbons (Fsp3) is 0. The summed E-state index contributed by atoms with van der Waals surface area (Å²) in [7, 11) is 0. The molecule has 0 fully saturated rings. The van der Waals surface area contributed by atoms with Gasteiger partial charge >= 0.3 is 0 Å². The first-order chi connectivity index (χ1) is 14.2. The predicted molar refractivity (Wildman–Crippen MR) is 115 cm³/mol. The Hall–Kier alpha value is -3.50. The second-order valence-corrected chi connectivity index (χ2v) is 7.09. The van der Waals surface area contributed by atoms with Gasteiger partial charge in [0.1, 0.15) is 11.5 Å². The third-order valence-electron chi connectivity index (χ3n) is 4.79. The van der Waals surface area contributed by atoms with Gasteiger partial charge in [-0.1, -0.05) is 48.0 Å². The van der Waals surface area contributed by atoms with E-state index in [1.165, 1.54) is 12.1 Å². The Morgan fingerprint density at radius 3 is 2.34 bits per heavy atom. The highest BCUT2D eigenvalue weighted by Gasteiger charge is 2.17. The molecule has 0 spiro atoms. The lowest BCUT2D eigenvalue weighted by Gasteiger charge is -2.06. The lowest BCUT2D eigenvalue weighted by molar-refractivity contribution is 0.628. The molecule has 0 aliphatic carbocycles. The number of para-hydroxylation sites is 2. The monoisotopic (exact) mass is 399 g/mol. The molecule has 0 radical (unpaired) electrons. The van der Waals surface area contributed by atoms with E-state index in [4.69, 9.17) is 21.7 Å². The SMILES string of the molecule is Fc1ccc(-c2nn(-c3ccccc3)cc2-c2cc(Cl)c3ccccc3n2)cc1. The van der Waals surface area contributed by atoms with Crippen LogP contribution in [0.3, 0.4) is 0 Å². The summed E-state index contributed by atoms with van der Waals surface area (Å²) in [5, 5.41) is 6.31. The molecule has 29 heavy (non-hydrogen) atoms. The van der Waals surface area contributed by atoms with Crippen molar-refractivity contribution in [3.8, 4) is 28.2 Å². The van der Waals surface area contributed by atoms with Gasteiger partial charge in [0.2, 0.25) is 0 Å². The molecule has 0 atom stereocenters. The van der Waals surface area contributed by atoms with E-state index in [9.17, 15) is 4.39 Å². The van der Waals surface area contributed by atoms with Gasteiger partial charge in [-0.2, -0.15) is 5.10 Å². The summed E-state index contributed by atoms with van der Waals surface area (Å²) >= 11 is 6.54. The molecule has 0 aliphatic heterocycles. The number of halogens is 2. The number of fused-ring (bicyclic) bond motifs is 1. The predicted octanol–water partition coefficient (Wildman–Crippen LogP) is 6.55. The maximum atomic E-state index is 13.5. The zero-order valence-electron chi connectivity index (χ0n) is 15.3. The van der Waals surface area contributed by atoms with Crippen molar-refractivity contribution in [1.82, 2.24) is 14.8 Å². The van der Waals surface area contributed by atoms with Crippen molar-refractivity contribution in [3.05, 3.63) is 102 Å². The van der Waals surface area contributed by atoms with E-state index in [2.05, 4.69) is 0 Å². The van der Waals surface area contributed by atoms with Crippen molar-refractivity contribution in [2.75, 3.05) is 0 Å². The normalized spacial score (nSPS) is 11.1. The number of aromatic nitrogens is 3. The van der Waals surface area contributed by atoms with E-state index in [-0.39, 0.29) is 5.82 Å². The molecule has 5 heteroatoms. The third-order valence-corrected chi connectivity index (χ3v) is 5.11. The zero-order valence-corrected chi connectivity index (χ0v) is 16.0. The molecule has 0 N–H and O–H groups in total. The molecule has 0 saturated heterocycles. The highest BCUT2D eigenvalue weighted by molar-refractivity contribution is 6.35. The first-order valence-corrected chi connectivity index (χ1v) is 9.53. The van der Waals surface area contributed by atoms with Gasteiger partial charge in [0.25, 0.3) is 0 Å². The minimum atomic E-state index is -0.287. The van der Waals surface area contributed by atoms with Gasteiger partial charge in [-0.25, -0.2) is 14.1 Å². The molecule has 0 saturated carbocycles. The van der Waals surface area contributed by atoms with E-state index in [0.29, 0.717) is 10.7 Å². The minimum absolute atomic E-state index is 0.287. The summed E-state index contributed by atoms with van der Waals surface area (Å²) in [5.41, 5.74) is 4.81. The van der Waals surface area contributed by atoms with E-state index in [1.54, 1.807) is 16.8 Å². The van der Waals surface area contributed by atoms with Crippen molar-refractivity contribution in [1.29, 1.82) is 0 Å². The van der Waals surface area contributed by atoms with Gasteiger partial charge in [-0.05, 0) is 48.5 Å². The van der Waals surface area contributed by atoms with Gasteiger partial charge < -0.3 is 0 Å². The van der Waals surface area contributed by atoms with Crippen LogP contribution >= 0.6 is 11.6 Å².